The van der Waals surface area contributed by atoms with E-state index in [0.29, 0.717) is 0 Å². The molecule has 4 nitrogen and oxygen atoms in total. The lowest BCUT2D eigenvalue weighted by atomic mass is 10.2. The van der Waals surface area contributed by atoms with Crippen molar-refractivity contribution < 1.29 is 4.74 Å². The molecule has 0 aromatic heterocycles. The van der Waals surface area contributed by atoms with E-state index in [0.717, 1.165) is 47.7 Å². The molecule has 0 amide bonds. The number of hydrogen-bond acceptors (Lipinski definition) is 4. The smallest absolute Gasteiger partial charge is 0.142 e. The average Bonchev–Trinajstić information content (AvgIpc) is 2.60. The second-order valence-corrected chi connectivity index (χ2v) is 6.33. The Morgan fingerprint density at radius 2 is 1.83 bits per heavy atom. The summed E-state index contributed by atoms with van der Waals surface area (Å²) >= 11 is 3.48. The van der Waals surface area contributed by atoms with Crippen LogP contribution in [-0.4, -0.2) is 44.5 Å². The van der Waals surface area contributed by atoms with Gasteiger partial charge >= 0.3 is 0 Å². The number of piperazine rings is 1. The Labute approximate surface area is 145 Å². The Bertz CT molecular complexity index is 681. The summed E-state index contributed by atoms with van der Waals surface area (Å²) < 4.78 is 6.52. The van der Waals surface area contributed by atoms with Gasteiger partial charge in [0.05, 0.1) is 32.1 Å². The quantitative estimate of drug-likeness (QED) is 0.766. The lowest BCUT2D eigenvalue weighted by Crippen LogP contribution is -2.44. The molecular weight excluding hydrogens is 354 g/mol. The van der Waals surface area contributed by atoms with Gasteiger partial charge in [0.2, 0.25) is 0 Å². The maximum Gasteiger partial charge on any atom is 0.142 e. The van der Waals surface area contributed by atoms with Gasteiger partial charge in [0.1, 0.15) is 5.75 Å². The molecule has 0 aliphatic carbocycles. The van der Waals surface area contributed by atoms with Crippen LogP contribution < -0.4 is 9.64 Å². The van der Waals surface area contributed by atoms with Crippen LogP contribution in [-0.2, 0) is 0 Å². The van der Waals surface area contributed by atoms with Gasteiger partial charge in [-0.25, -0.2) is 0 Å². The van der Waals surface area contributed by atoms with Crippen molar-refractivity contribution in [3.8, 4) is 5.75 Å². The highest BCUT2D eigenvalue weighted by Gasteiger charge is 2.18. The SMILES string of the molecule is COc1ccccc1N1CCN(/N=C\c2cccc(Br)c2)CC1. The van der Waals surface area contributed by atoms with Crippen LogP contribution in [0.5, 0.6) is 5.75 Å². The molecule has 1 saturated heterocycles. The van der Waals surface area contributed by atoms with Gasteiger partial charge in [-0.05, 0) is 29.8 Å². The van der Waals surface area contributed by atoms with Crippen molar-refractivity contribution in [2.45, 2.75) is 0 Å². The number of hydrazone groups is 1. The fourth-order valence-corrected chi connectivity index (χ4v) is 3.10. The van der Waals surface area contributed by atoms with Crippen molar-refractivity contribution in [3.63, 3.8) is 0 Å². The number of benzene rings is 2. The third-order valence-electron chi connectivity index (χ3n) is 3.90. The molecule has 0 N–H and O–H groups in total. The third kappa shape index (κ3) is 4.05. The minimum atomic E-state index is 0.905. The van der Waals surface area contributed by atoms with Gasteiger partial charge in [0.15, 0.2) is 0 Å². The predicted octanol–water partition coefficient (Wildman–Crippen LogP) is 3.61. The zero-order chi connectivity index (χ0) is 16.1. The van der Waals surface area contributed by atoms with E-state index in [1.807, 2.05) is 30.5 Å². The van der Waals surface area contributed by atoms with E-state index in [-0.39, 0.29) is 0 Å². The molecule has 2 aromatic carbocycles. The van der Waals surface area contributed by atoms with E-state index in [1.54, 1.807) is 7.11 Å². The normalized spacial score (nSPS) is 15.2. The largest absolute Gasteiger partial charge is 0.495 e. The first-order valence-electron chi connectivity index (χ1n) is 7.69. The number of anilines is 1. The molecule has 0 bridgehead atoms. The van der Waals surface area contributed by atoms with Crippen LogP contribution in [0.1, 0.15) is 5.56 Å². The Hall–Kier alpha value is -2.01. The maximum absolute atomic E-state index is 5.45. The van der Waals surface area contributed by atoms with Gasteiger partial charge < -0.3 is 9.64 Å². The van der Waals surface area contributed by atoms with Crippen molar-refractivity contribution >= 4 is 27.8 Å². The number of ether oxygens (including phenoxy) is 1. The van der Waals surface area contributed by atoms with Crippen LogP contribution in [0.15, 0.2) is 58.1 Å². The van der Waals surface area contributed by atoms with Gasteiger partial charge in [-0.2, -0.15) is 5.10 Å². The first-order valence-corrected chi connectivity index (χ1v) is 8.48. The van der Waals surface area contributed by atoms with Crippen LogP contribution in [0, 0.1) is 0 Å². The van der Waals surface area contributed by atoms with E-state index < -0.39 is 0 Å². The Kier molecular flexibility index (Phi) is 5.18. The number of rotatable bonds is 4. The minimum absolute atomic E-state index is 0.905. The highest BCUT2D eigenvalue weighted by atomic mass is 79.9. The molecule has 5 heteroatoms. The lowest BCUT2D eigenvalue weighted by molar-refractivity contribution is 0.271. The molecule has 1 fully saturated rings. The molecule has 120 valence electrons. The summed E-state index contributed by atoms with van der Waals surface area (Å²) in [6.45, 7) is 3.69. The number of halogens is 1. The standard InChI is InChI=1S/C18H20BrN3O/c1-23-18-8-3-2-7-17(18)21-9-11-22(12-10-21)20-14-15-5-4-6-16(19)13-15/h2-8,13-14H,9-12H2,1H3/b20-14-. The topological polar surface area (TPSA) is 28.1 Å². The van der Waals surface area contributed by atoms with Crippen LogP contribution >= 0.6 is 15.9 Å². The average molecular weight is 374 g/mol. The molecule has 0 atom stereocenters. The number of para-hydroxylation sites is 2. The third-order valence-corrected chi connectivity index (χ3v) is 4.39. The van der Waals surface area contributed by atoms with Crippen LogP contribution in [0.2, 0.25) is 0 Å². The second-order valence-electron chi connectivity index (χ2n) is 5.41. The van der Waals surface area contributed by atoms with Crippen molar-refractivity contribution in [1.82, 2.24) is 5.01 Å². The Morgan fingerprint density at radius 1 is 1.04 bits per heavy atom. The molecule has 23 heavy (non-hydrogen) atoms. The van der Waals surface area contributed by atoms with Gasteiger partial charge in [-0.3, -0.25) is 5.01 Å². The summed E-state index contributed by atoms with van der Waals surface area (Å²) in [5.74, 6) is 0.929. The van der Waals surface area contributed by atoms with Gasteiger partial charge in [0.25, 0.3) is 0 Å². The summed E-state index contributed by atoms with van der Waals surface area (Å²) in [7, 11) is 1.72. The van der Waals surface area contributed by atoms with Crippen LogP contribution in [0.25, 0.3) is 0 Å². The summed E-state index contributed by atoms with van der Waals surface area (Å²) in [5, 5.41) is 6.71. The zero-order valence-corrected chi connectivity index (χ0v) is 14.7. The van der Waals surface area contributed by atoms with E-state index in [9.17, 15) is 0 Å². The Balaban J connectivity index is 1.60. The van der Waals surface area contributed by atoms with Gasteiger partial charge in [-0.1, -0.05) is 40.2 Å². The summed E-state index contributed by atoms with van der Waals surface area (Å²) in [6, 6.07) is 16.3. The minimum Gasteiger partial charge on any atom is -0.495 e. The number of nitrogens with zero attached hydrogens (tertiary/aromatic N) is 3. The summed E-state index contributed by atoms with van der Waals surface area (Å²) in [6.07, 6.45) is 1.92. The molecule has 0 radical (unpaired) electrons. The predicted molar refractivity (Wildman–Crippen MR) is 98.5 cm³/mol. The fraction of sp³-hybridized carbons (Fsp3) is 0.278. The van der Waals surface area contributed by atoms with E-state index in [4.69, 9.17) is 4.74 Å². The molecule has 1 aliphatic rings. The number of hydrogen-bond donors (Lipinski definition) is 0. The van der Waals surface area contributed by atoms with Crippen molar-refractivity contribution in [1.29, 1.82) is 0 Å². The van der Waals surface area contributed by atoms with Crippen LogP contribution in [0.3, 0.4) is 0 Å². The molecule has 1 heterocycles. The molecular formula is C18H20BrN3O. The first-order chi connectivity index (χ1) is 11.3. The van der Waals surface area contributed by atoms with E-state index in [2.05, 4.69) is 55.2 Å². The molecule has 0 saturated carbocycles. The molecule has 0 spiro atoms. The van der Waals surface area contributed by atoms with E-state index >= 15 is 0 Å². The van der Waals surface area contributed by atoms with Crippen molar-refractivity contribution in [3.05, 3.63) is 58.6 Å². The molecule has 2 aromatic rings. The first kappa shape index (κ1) is 15.9. The number of methoxy groups -OCH3 is 1. The van der Waals surface area contributed by atoms with Gasteiger partial charge in [0, 0.05) is 17.6 Å². The highest BCUT2D eigenvalue weighted by Crippen LogP contribution is 2.28. The summed E-state index contributed by atoms with van der Waals surface area (Å²) in [4.78, 5) is 2.35. The highest BCUT2D eigenvalue weighted by molar-refractivity contribution is 9.10. The van der Waals surface area contributed by atoms with Crippen molar-refractivity contribution in [2.75, 3.05) is 38.2 Å². The fourth-order valence-electron chi connectivity index (χ4n) is 2.68. The lowest BCUT2D eigenvalue weighted by Gasteiger charge is -2.35. The molecule has 0 unspecified atom stereocenters. The van der Waals surface area contributed by atoms with Crippen LogP contribution in [0.4, 0.5) is 5.69 Å². The van der Waals surface area contributed by atoms with E-state index in [1.165, 1.54) is 0 Å². The molecule has 1 aliphatic heterocycles. The Morgan fingerprint density at radius 3 is 2.57 bits per heavy atom. The van der Waals surface area contributed by atoms with Gasteiger partial charge in [-0.15, -0.1) is 0 Å². The summed E-state index contributed by atoms with van der Waals surface area (Å²) in [5.41, 5.74) is 2.26. The monoisotopic (exact) mass is 373 g/mol. The molecule has 3 rings (SSSR count). The maximum atomic E-state index is 5.45. The zero-order valence-electron chi connectivity index (χ0n) is 13.2. The van der Waals surface area contributed by atoms with Crippen molar-refractivity contribution in [2.24, 2.45) is 5.10 Å². The second kappa shape index (κ2) is 7.51.